The molecule has 2 aromatic rings. The van der Waals surface area contributed by atoms with Crippen LogP contribution in [0.5, 0.6) is 0 Å². The molecule has 27 heavy (non-hydrogen) atoms. The number of nitrogens with zero attached hydrogens (tertiary/aromatic N) is 3. The Bertz CT molecular complexity index is 838. The Morgan fingerprint density at radius 3 is 2.63 bits per heavy atom. The van der Waals surface area contributed by atoms with Gasteiger partial charge in [0, 0.05) is 23.9 Å². The molecule has 0 saturated carbocycles. The van der Waals surface area contributed by atoms with Gasteiger partial charge in [0.05, 0.1) is 19.7 Å². The van der Waals surface area contributed by atoms with Crippen LogP contribution in [0, 0.1) is 5.41 Å². The standard InChI is InChI=1S/C19H21N5O3/c1-27-17(25)10-9-15-12-23(16-4-2-3-11-22-16)19(26)24(15)14-7-5-13(6-8-14)18(20)21/h2-8,11,15H,9-10,12H2,1H3,(H3,20,21). The van der Waals surface area contributed by atoms with E-state index >= 15 is 0 Å². The van der Waals surface area contributed by atoms with Crippen LogP contribution in [0.3, 0.4) is 0 Å². The fraction of sp³-hybridized carbons (Fsp3) is 0.263. The first kappa shape index (κ1) is 18.4. The molecule has 2 heterocycles. The zero-order chi connectivity index (χ0) is 19.4. The summed E-state index contributed by atoms with van der Waals surface area (Å²) < 4.78 is 4.73. The Kier molecular flexibility index (Phi) is 5.35. The highest BCUT2D eigenvalue weighted by atomic mass is 16.5. The molecule has 1 unspecified atom stereocenters. The number of methoxy groups -OCH3 is 1. The fourth-order valence-electron chi connectivity index (χ4n) is 3.09. The van der Waals surface area contributed by atoms with Gasteiger partial charge in [-0.3, -0.25) is 20.0 Å². The highest BCUT2D eigenvalue weighted by molar-refractivity contribution is 6.06. The van der Waals surface area contributed by atoms with Gasteiger partial charge in [0.2, 0.25) is 0 Å². The van der Waals surface area contributed by atoms with E-state index in [9.17, 15) is 9.59 Å². The number of nitrogen functional groups attached to an aromatic ring is 1. The third-order valence-electron chi connectivity index (χ3n) is 4.49. The number of hydrogen-bond donors (Lipinski definition) is 2. The molecular weight excluding hydrogens is 346 g/mol. The van der Waals surface area contributed by atoms with E-state index in [4.69, 9.17) is 15.9 Å². The summed E-state index contributed by atoms with van der Waals surface area (Å²) in [6.07, 6.45) is 2.32. The van der Waals surface area contributed by atoms with Crippen molar-refractivity contribution < 1.29 is 14.3 Å². The molecule has 1 aliphatic heterocycles. The van der Waals surface area contributed by atoms with E-state index < -0.39 is 0 Å². The van der Waals surface area contributed by atoms with Crippen molar-refractivity contribution in [3.05, 3.63) is 54.2 Å². The second-order valence-corrected chi connectivity index (χ2v) is 6.18. The van der Waals surface area contributed by atoms with Gasteiger partial charge >= 0.3 is 12.0 Å². The minimum Gasteiger partial charge on any atom is -0.469 e. The second kappa shape index (κ2) is 7.86. The summed E-state index contributed by atoms with van der Waals surface area (Å²) in [5, 5.41) is 7.50. The van der Waals surface area contributed by atoms with Gasteiger partial charge in [0.15, 0.2) is 0 Å². The zero-order valence-corrected chi connectivity index (χ0v) is 15.0. The molecular formula is C19H21N5O3. The number of carbonyl (C=O) groups is 2. The first-order valence-corrected chi connectivity index (χ1v) is 8.54. The smallest absolute Gasteiger partial charge is 0.330 e. The predicted molar refractivity (Wildman–Crippen MR) is 102 cm³/mol. The third-order valence-corrected chi connectivity index (χ3v) is 4.49. The van der Waals surface area contributed by atoms with Gasteiger partial charge in [-0.2, -0.15) is 0 Å². The summed E-state index contributed by atoms with van der Waals surface area (Å²) in [7, 11) is 1.35. The van der Waals surface area contributed by atoms with Gasteiger partial charge in [-0.25, -0.2) is 9.78 Å². The second-order valence-electron chi connectivity index (χ2n) is 6.18. The molecule has 0 aliphatic carbocycles. The number of amidine groups is 1. The Morgan fingerprint density at radius 1 is 1.30 bits per heavy atom. The molecule has 1 fully saturated rings. The van der Waals surface area contributed by atoms with Crippen LogP contribution in [0.1, 0.15) is 18.4 Å². The topological polar surface area (TPSA) is 113 Å². The molecule has 140 valence electrons. The van der Waals surface area contributed by atoms with Crippen molar-refractivity contribution >= 4 is 29.3 Å². The molecule has 0 bridgehead atoms. The number of hydrogen-bond acceptors (Lipinski definition) is 5. The normalized spacial score (nSPS) is 16.5. The number of esters is 1. The molecule has 8 nitrogen and oxygen atoms in total. The van der Waals surface area contributed by atoms with Crippen molar-refractivity contribution in [2.45, 2.75) is 18.9 Å². The summed E-state index contributed by atoms with van der Waals surface area (Å²) in [6.45, 7) is 0.418. The zero-order valence-electron chi connectivity index (χ0n) is 15.0. The van der Waals surface area contributed by atoms with Gasteiger partial charge in [-0.15, -0.1) is 0 Å². The van der Waals surface area contributed by atoms with Crippen LogP contribution in [0.4, 0.5) is 16.3 Å². The fourth-order valence-corrected chi connectivity index (χ4v) is 3.09. The lowest BCUT2D eigenvalue weighted by molar-refractivity contribution is -0.140. The van der Waals surface area contributed by atoms with Crippen LogP contribution in [-0.4, -0.2) is 42.5 Å². The van der Waals surface area contributed by atoms with Gasteiger partial charge in [0.1, 0.15) is 11.7 Å². The molecule has 1 aliphatic rings. The Hall–Kier alpha value is -3.42. The monoisotopic (exact) mass is 367 g/mol. The van der Waals surface area contributed by atoms with Crippen molar-refractivity contribution in [1.82, 2.24) is 4.98 Å². The van der Waals surface area contributed by atoms with Crippen molar-refractivity contribution in [2.75, 3.05) is 23.5 Å². The lowest BCUT2D eigenvalue weighted by Gasteiger charge is -2.23. The third kappa shape index (κ3) is 3.89. The number of amides is 2. The quantitative estimate of drug-likeness (QED) is 0.461. The number of nitrogens with two attached hydrogens (primary N) is 1. The highest BCUT2D eigenvalue weighted by Crippen LogP contribution is 2.30. The summed E-state index contributed by atoms with van der Waals surface area (Å²) in [4.78, 5) is 32.2. The number of anilines is 2. The number of benzene rings is 1. The van der Waals surface area contributed by atoms with Crippen LogP contribution in [-0.2, 0) is 9.53 Å². The highest BCUT2D eigenvalue weighted by Gasteiger charge is 2.39. The number of nitrogens with one attached hydrogen (secondary N) is 1. The number of ether oxygens (including phenoxy) is 1. The van der Waals surface area contributed by atoms with Crippen molar-refractivity contribution in [2.24, 2.45) is 5.73 Å². The van der Waals surface area contributed by atoms with E-state index in [1.165, 1.54) is 7.11 Å². The van der Waals surface area contributed by atoms with Crippen molar-refractivity contribution in [3.63, 3.8) is 0 Å². The first-order valence-electron chi connectivity index (χ1n) is 8.54. The van der Waals surface area contributed by atoms with Crippen LogP contribution in [0.2, 0.25) is 0 Å². The molecule has 3 rings (SSSR count). The van der Waals surface area contributed by atoms with Gasteiger partial charge in [-0.1, -0.05) is 6.07 Å². The Balaban J connectivity index is 1.89. The van der Waals surface area contributed by atoms with Crippen LogP contribution in [0.15, 0.2) is 48.7 Å². The van der Waals surface area contributed by atoms with Gasteiger partial charge in [0.25, 0.3) is 0 Å². The molecule has 1 saturated heterocycles. The van der Waals surface area contributed by atoms with Gasteiger partial charge < -0.3 is 10.5 Å². The Labute approximate surface area is 157 Å². The summed E-state index contributed by atoms with van der Waals surface area (Å²) >= 11 is 0. The number of aromatic nitrogens is 1. The van der Waals surface area contributed by atoms with E-state index in [0.717, 1.165) is 0 Å². The molecule has 0 spiro atoms. The van der Waals surface area contributed by atoms with E-state index in [1.807, 2.05) is 6.07 Å². The molecule has 2 amide bonds. The average molecular weight is 367 g/mol. The SMILES string of the molecule is COC(=O)CCC1CN(c2ccccn2)C(=O)N1c1ccc(C(=N)N)cc1. The largest absolute Gasteiger partial charge is 0.469 e. The van der Waals surface area contributed by atoms with E-state index in [-0.39, 0.29) is 30.3 Å². The number of urea groups is 1. The molecule has 1 atom stereocenters. The van der Waals surface area contributed by atoms with Crippen LogP contribution < -0.4 is 15.5 Å². The summed E-state index contributed by atoms with van der Waals surface area (Å²) in [6, 6.07) is 11.9. The lowest BCUT2D eigenvalue weighted by Crippen LogP contribution is -2.35. The van der Waals surface area contributed by atoms with Crippen LogP contribution >= 0.6 is 0 Å². The van der Waals surface area contributed by atoms with Crippen molar-refractivity contribution in [1.29, 1.82) is 5.41 Å². The lowest BCUT2D eigenvalue weighted by atomic mass is 10.1. The maximum atomic E-state index is 13.1. The minimum atomic E-state index is -0.314. The van der Waals surface area contributed by atoms with E-state index in [1.54, 1.807) is 52.4 Å². The Morgan fingerprint density at radius 2 is 2.04 bits per heavy atom. The molecule has 1 aromatic carbocycles. The molecule has 0 radical (unpaired) electrons. The molecule has 3 N–H and O–H groups in total. The number of pyridine rings is 1. The summed E-state index contributed by atoms with van der Waals surface area (Å²) in [5.41, 5.74) is 6.76. The maximum Gasteiger partial charge on any atom is 0.330 e. The number of rotatable bonds is 6. The minimum absolute atomic E-state index is 0.0355. The average Bonchev–Trinajstić information content (AvgIpc) is 3.03. The predicted octanol–water partition coefficient (Wildman–Crippen LogP) is 2.13. The maximum absolute atomic E-state index is 13.1. The first-order chi connectivity index (χ1) is 13.0. The molecule has 1 aromatic heterocycles. The van der Waals surface area contributed by atoms with Gasteiger partial charge in [-0.05, 0) is 42.8 Å². The van der Waals surface area contributed by atoms with E-state index in [2.05, 4.69) is 4.98 Å². The van der Waals surface area contributed by atoms with E-state index in [0.29, 0.717) is 30.0 Å². The number of carbonyl (C=O) groups excluding carboxylic acids is 2. The molecule has 8 heteroatoms. The van der Waals surface area contributed by atoms with Crippen molar-refractivity contribution in [3.8, 4) is 0 Å². The van der Waals surface area contributed by atoms with Crippen LogP contribution in [0.25, 0.3) is 0 Å². The summed E-state index contributed by atoms with van der Waals surface area (Å²) in [5.74, 6) is 0.214.